The lowest BCUT2D eigenvalue weighted by molar-refractivity contribution is 1.72. The minimum absolute atomic E-state index is 0.131. The second-order valence-electron chi connectivity index (χ2n) is 4.65. The molecule has 0 N–H and O–H groups in total. The Labute approximate surface area is 123 Å². The topological polar surface area (TPSA) is 17.1 Å². The second-order valence-corrected chi connectivity index (χ2v) is 6.51. The van der Waals surface area contributed by atoms with Gasteiger partial charge in [-0.2, -0.15) is 11.3 Å². The Kier molecular flexibility index (Phi) is 2.69. The summed E-state index contributed by atoms with van der Waals surface area (Å²) in [6.45, 7) is 0. The number of benzene rings is 2. The largest absolute Gasteiger partial charge is 0.289 e. The van der Waals surface area contributed by atoms with Crippen LogP contribution in [0.1, 0.15) is 0 Å². The Morgan fingerprint density at radius 1 is 0.800 bits per heavy atom. The normalized spacial score (nSPS) is 11.2. The van der Waals surface area contributed by atoms with Gasteiger partial charge in [0.05, 0.1) is 0 Å². The first-order valence-electron chi connectivity index (χ1n) is 6.31. The van der Waals surface area contributed by atoms with Crippen LogP contribution in [0.5, 0.6) is 0 Å². The molecular formula is C17H10OS2. The summed E-state index contributed by atoms with van der Waals surface area (Å²) in [4.78, 5) is 12.5. The highest BCUT2D eigenvalue weighted by atomic mass is 32.1. The van der Waals surface area contributed by atoms with Gasteiger partial charge in [0.25, 0.3) is 0 Å². The Morgan fingerprint density at radius 3 is 2.50 bits per heavy atom. The maximum atomic E-state index is 12.5. The molecule has 0 saturated heterocycles. The van der Waals surface area contributed by atoms with E-state index in [0.29, 0.717) is 0 Å². The van der Waals surface area contributed by atoms with Crippen LogP contribution < -0.4 is 5.43 Å². The molecule has 0 bridgehead atoms. The van der Waals surface area contributed by atoms with Gasteiger partial charge in [-0.15, -0.1) is 11.3 Å². The Morgan fingerprint density at radius 2 is 1.65 bits per heavy atom. The van der Waals surface area contributed by atoms with E-state index >= 15 is 0 Å². The van der Waals surface area contributed by atoms with Crippen LogP contribution in [0.3, 0.4) is 0 Å². The monoisotopic (exact) mass is 294 g/mol. The van der Waals surface area contributed by atoms with E-state index < -0.39 is 0 Å². The molecule has 0 atom stereocenters. The van der Waals surface area contributed by atoms with Gasteiger partial charge in [0.1, 0.15) is 0 Å². The fraction of sp³-hybridized carbons (Fsp3) is 0. The molecule has 0 aliphatic heterocycles. The molecule has 1 nitrogen and oxygen atoms in total. The van der Waals surface area contributed by atoms with Crippen LogP contribution in [0.4, 0.5) is 0 Å². The van der Waals surface area contributed by atoms with Crippen molar-refractivity contribution in [2.75, 3.05) is 0 Å². The van der Waals surface area contributed by atoms with E-state index in [9.17, 15) is 4.79 Å². The van der Waals surface area contributed by atoms with Crippen molar-refractivity contribution in [2.24, 2.45) is 0 Å². The number of thiophene rings is 1. The quantitative estimate of drug-likeness (QED) is 0.444. The van der Waals surface area contributed by atoms with Crippen molar-refractivity contribution in [3.63, 3.8) is 0 Å². The van der Waals surface area contributed by atoms with E-state index in [4.69, 9.17) is 0 Å². The standard InChI is InChI=1S/C17H10OS2/c18-17-13-3-1-2-4-15(13)20-16-9-11(5-6-14(16)17)12-7-8-19-10-12/h1-10H. The van der Waals surface area contributed by atoms with Gasteiger partial charge in [-0.1, -0.05) is 18.2 Å². The summed E-state index contributed by atoms with van der Waals surface area (Å²) in [5.74, 6) is 0. The van der Waals surface area contributed by atoms with Gasteiger partial charge >= 0.3 is 0 Å². The molecular weight excluding hydrogens is 284 g/mol. The van der Waals surface area contributed by atoms with Crippen LogP contribution in [0, 0.1) is 0 Å². The number of fused-ring (bicyclic) bond motifs is 2. The lowest BCUT2D eigenvalue weighted by Gasteiger charge is -2.03. The van der Waals surface area contributed by atoms with E-state index in [-0.39, 0.29) is 5.43 Å². The zero-order chi connectivity index (χ0) is 13.5. The van der Waals surface area contributed by atoms with Gasteiger partial charge in [-0.05, 0) is 52.2 Å². The first-order valence-corrected chi connectivity index (χ1v) is 8.07. The summed E-state index contributed by atoms with van der Waals surface area (Å²) in [6, 6.07) is 16.0. The highest BCUT2D eigenvalue weighted by Gasteiger charge is 2.07. The second kappa shape index (κ2) is 4.54. The Balaban J connectivity index is 2.08. The molecule has 3 heteroatoms. The van der Waals surface area contributed by atoms with Crippen LogP contribution in [0.15, 0.2) is 64.1 Å². The average molecular weight is 294 g/mol. The SMILES string of the molecule is O=c1c2ccccc2sc2cc(-c3ccsc3)ccc12. The van der Waals surface area contributed by atoms with Crippen LogP contribution >= 0.6 is 22.7 Å². The van der Waals surface area contributed by atoms with Crippen molar-refractivity contribution in [2.45, 2.75) is 0 Å². The predicted octanol–water partition coefficient (Wildman–Crippen LogP) is 5.14. The van der Waals surface area contributed by atoms with Crippen LogP contribution in [-0.2, 0) is 0 Å². The van der Waals surface area contributed by atoms with Crippen LogP contribution in [0.2, 0.25) is 0 Å². The van der Waals surface area contributed by atoms with Crippen molar-refractivity contribution >= 4 is 42.8 Å². The number of hydrogen-bond donors (Lipinski definition) is 0. The summed E-state index contributed by atoms with van der Waals surface area (Å²) in [5, 5.41) is 5.83. The van der Waals surface area contributed by atoms with Gasteiger partial charge in [0.15, 0.2) is 5.43 Å². The van der Waals surface area contributed by atoms with Crippen molar-refractivity contribution in [3.05, 3.63) is 69.5 Å². The first kappa shape index (κ1) is 11.8. The minimum atomic E-state index is 0.131. The Hall–Kier alpha value is -1.97. The lowest BCUT2D eigenvalue weighted by Crippen LogP contribution is -2.00. The molecule has 20 heavy (non-hydrogen) atoms. The van der Waals surface area contributed by atoms with Gasteiger partial charge in [-0.25, -0.2) is 0 Å². The highest BCUT2D eigenvalue weighted by Crippen LogP contribution is 2.29. The van der Waals surface area contributed by atoms with Crippen molar-refractivity contribution in [1.82, 2.24) is 0 Å². The number of hydrogen-bond acceptors (Lipinski definition) is 3. The van der Waals surface area contributed by atoms with Crippen LogP contribution in [0.25, 0.3) is 31.3 Å². The van der Waals surface area contributed by atoms with Gasteiger partial charge in [-0.3, -0.25) is 4.79 Å². The third-order valence-corrected chi connectivity index (χ3v) is 5.25. The summed E-state index contributed by atoms with van der Waals surface area (Å²) in [7, 11) is 0. The molecule has 0 radical (unpaired) electrons. The van der Waals surface area contributed by atoms with E-state index in [1.807, 2.05) is 36.4 Å². The summed E-state index contributed by atoms with van der Waals surface area (Å²) in [6.07, 6.45) is 0. The fourth-order valence-electron chi connectivity index (χ4n) is 2.41. The molecule has 2 aromatic heterocycles. The molecule has 2 aromatic carbocycles. The van der Waals surface area contributed by atoms with E-state index in [0.717, 1.165) is 20.2 Å². The molecule has 4 rings (SSSR count). The summed E-state index contributed by atoms with van der Waals surface area (Å²) < 4.78 is 2.10. The van der Waals surface area contributed by atoms with Crippen molar-refractivity contribution in [3.8, 4) is 11.1 Å². The van der Waals surface area contributed by atoms with Gasteiger partial charge in [0, 0.05) is 20.2 Å². The third kappa shape index (κ3) is 1.79. The first-order chi connectivity index (χ1) is 9.83. The fourth-order valence-corrected chi connectivity index (χ4v) is 4.19. The average Bonchev–Trinajstić information content (AvgIpc) is 3.01. The van der Waals surface area contributed by atoms with Crippen molar-refractivity contribution in [1.29, 1.82) is 0 Å². The minimum Gasteiger partial charge on any atom is -0.289 e. The smallest absolute Gasteiger partial charge is 0.195 e. The molecule has 0 fully saturated rings. The summed E-state index contributed by atoms with van der Waals surface area (Å²) >= 11 is 3.37. The molecule has 0 aliphatic carbocycles. The van der Waals surface area contributed by atoms with E-state index in [1.165, 1.54) is 11.1 Å². The molecule has 4 aromatic rings. The van der Waals surface area contributed by atoms with E-state index in [1.54, 1.807) is 22.7 Å². The van der Waals surface area contributed by atoms with E-state index in [2.05, 4.69) is 22.9 Å². The zero-order valence-corrected chi connectivity index (χ0v) is 12.1. The lowest BCUT2D eigenvalue weighted by atomic mass is 10.1. The summed E-state index contributed by atoms with van der Waals surface area (Å²) in [5.41, 5.74) is 2.51. The van der Waals surface area contributed by atoms with Crippen LogP contribution in [-0.4, -0.2) is 0 Å². The zero-order valence-electron chi connectivity index (χ0n) is 10.5. The van der Waals surface area contributed by atoms with Gasteiger partial charge < -0.3 is 0 Å². The van der Waals surface area contributed by atoms with Crippen molar-refractivity contribution < 1.29 is 0 Å². The molecule has 0 saturated carbocycles. The third-order valence-electron chi connectivity index (χ3n) is 3.43. The predicted molar refractivity (Wildman–Crippen MR) is 88.9 cm³/mol. The molecule has 0 amide bonds. The number of rotatable bonds is 1. The maximum Gasteiger partial charge on any atom is 0.195 e. The molecule has 0 aliphatic rings. The molecule has 0 unspecified atom stereocenters. The molecule has 96 valence electrons. The molecule has 2 heterocycles. The van der Waals surface area contributed by atoms with Gasteiger partial charge in [0.2, 0.25) is 0 Å². The highest BCUT2D eigenvalue weighted by molar-refractivity contribution is 7.24. The molecule has 0 spiro atoms. The Bertz CT molecular complexity index is 965. The maximum absolute atomic E-state index is 12.5.